The lowest BCUT2D eigenvalue weighted by atomic mass is 10.1. The van der Waals surface area contributed by atoms with Crippen LogP contribution in [0.5, 0.6) is 0 Å². The van der Waals surface area contributed by atoms with Gasteiger partial charge >= 0.3 is 5.97 Å². The summed E-state index contributed by atoms with van der Waals surface area (Å²) >= 11 is 1.49. The Balaban J connectivity index is 2.64. The van der Waals surface area contributed by atoms with Gasteiger partial charge in [-0.2, -0.15) is 10.2 Å². The standard InChI is InChI=1S/C13H20N2O2S/c1-4-17-13(16)12(11-6-5-9-18-11)15-14-8-7-10(2)3/h5-6,9-10,12H,4,7-8H2,1-3H3. The predicted octanol–water partition coefficient (Wildman–Crippen LogP) is 3.85. The van der Waals surface area contributed by atoms with Crippen LogP contribution in [0.4, 0.5) is 0 Å². The number of thiophene rings is 1. The second-order valence-corrected chi connectivity index (χ2v) is 5.31. The second-order valence-electron chi connectivity index (χ2n) is 4.33. The highest BCUT2D eigenvalue weighted by Gasteiger charge is 2.22. The van der Waals surface area contributed by atoms with Gasteiger partial charge in [0.25, 0.3) is 0 Å². The maximum atomic E-state index is 11.8. The summed E-state index contributed by atoms with van der Waals surface area (Å²) in [7, 11) is 0. The van der Waals surface area contributed by atoms with Gasteiger partial charge in [-0.1, -0.05) is 19.9 Å². The molecule has 0 radical (unpaired) electrons. The van der Waals surface area contributed by atoms with Gasteiger partial charge in [-0.15, -0.1) is 11.3 Å². The normalized spacial score (nSPS) is 13.1. The summed E-state index contributed by atoms with van der Waals surface area (Å²) in [6, 6.07) is 3.18. The van der Waals surface area contributed by atoms with Crippen molar-refractivity contribution >= 4 is 17.3 Å². The molecule has 1 atom stereocenters. The number of hydrogen-bond donors (Lipinski definition) is 0. The van der Waals surface area contributed by atoms with Gasteiger partial charge in [0.1, 0.15) is 0 Å². The number of carbonyl (C=O) groups excluding carboxylic acids is 1. The van der Waals surface area contributed by atoms with E-state index in [4.69, 9.17) is 4.74 Å². The molecule has 1 unspecified atom stereocenters. The highest BCUT2D eigenvalue weighted by atomic mass is 32.1. The number of carbonyl (C=O) groups is 1. The molecular formula is C13H20N2O2S. The first-order chi connectivity index (χ1) is 8.65. The lowest BCUT2D eigenvalue weighted by molar-refractivity contribution is -0.144. The summed E-state index contributed by atoms with van der Waals surface area (Å²) in [6.07, 6.45) is 0.976. The Hall–Kier alpha value is -1.23. The van der Waals surface area contributed by atoms with Crippen LogP contribution in [0.3, 0.4) is 0 Å². The van der Waals surface area contributed by atoms with E-state index >= 15 is 0 Å². The van der Waals surface area contributed by atoms with Crippen molar-refractivity contribution in [2.45, 2.75) is 33.2 Å². The molecule has 1 heterocycles. The van der Waals surface area contributed by atoms with Crippen LogP contribution in [-0.4, -0.2) is 19.1 Å². The summed E-state index contributed by atoms with van der Waals surface area (Å²) in [4.78, 5) is 12.7. The molecule has 0 saturated carbocycles. The third-order valence-corrected chi connectivity index (χ3v) is 3.25. The average Bonchev–Trinajstić information content (AvgIpc) is 2.82. The van der Waals surface area contributed by atoms with Gasteiger partial charge in [-0.25, -0.2) is 4.79 Å². The molecule has 0 N–H and O–H groups in total. The molecule has 18 heavy (non-hydrogen) atoms. The van der Waals surface area contributed by atoms with E-state index in [1.165, 1.54) is 11.3 Å². The molecule has 4 nitrogen and oxygen atoms in total. The first-order valence-corrected chi connectivity index (χ1v) is 7.09. The quantitative estimate of drug-likeness (QED) is 0.557. The number of hydrogen-bond acceptors (Lipinski definition) is 5. The lowest BCUT2D eigenvalue weighted by Crippen LogP contribution is -2.13. The Morgan fingerprint density at radius 3 is 2.83 bits per heavy atom. The van der Waals surface area contributed by atoms with Crippen LogP contribution in [-0.2, 0) is 9.53 Å². The average molecular weight is 268 g/mol. The summed E-state index contributed by atoms with van der Waals surface area (Å²) in [5.74, 6) is 0.264. The fourth-order valence-electron chi connectivity index (χ4n) is 1.34. The molecular weight excluding hydrogens is 248 g/mol. The zero-order chi connectivity index (χ0) is 13.4. The number of nitrogens with zero attached hydrogens (tertiary/aromatic N) is 2. The third-order valence-electron chi connectivity index (χ3n) is 2.33. The minimum absolute atomic E-state index is 0.326. The molecule has 5 heteroatoms. The molecule has 0 amide bonds. The predicted molar refractivity (Wildman–Crippen MR) is 72.9 cm³/mol. The van der Waals surface area contributed by atoms with Gasteiger partial charge in [0.2, 0.25) is 6.04 Å². The maximum Gasteiger partial charge on any atom is 0.338 e. The summed E-state index contributed by atoms with van der Waals surface area (Å²) < 4.78 is 5.02. The Bertz CT molecular complexity index is 374. The minimum Gasteiger partial charge on any atom is -0.464 e. The minimum atomic E-state index is -0.600. The van der Waals surface area contributed by atoms with Crippen LogP contribution >= 0.6 is 11.3 Å². The molecule has 0 aliphatic carbocycles. The van der Waals surface area contributed by atoms with Crippen molar-refractivity contribution in [3.8, 4) is 0 Å². The van der Waals surface area contributed by atoms with Crippen molar-refractivity contribution in [2.24, 2.45) is 16.1 Å². The van der Waals surface area contributed by atoms with Crippen molar-refractivity contribution in [3.63, 3.8) is 0 Å². The Labute approximate surface area is 112 Å². The van der Waals surface area contributed by atoms with E-state index in [2.05, 4.69) is 24.1 Å². The zero-order valence-electron chi connectivity index (χ0n) is 11.1. The van der Waals surface area contributed by atoms with Crippen molar-refractivity contribution in [1.29, 1.82) is 0 Å². The van der Waals surface area contributed by atoms with E-state index < -0.39 is 6.04 Å². The number of ether oxygens (including phenoxy) is 1. The Morgan fingerprint density at radius 2 is 2.28 bits per heavy atom. The summed E-state index contributed by atoms with van der Waals surface area (Å²) in [5, 5.41) is 10.1. The maximum absolute atomic E-state index is 11.8. The monoisotopic (exact) mass is 268 g/mol. The molecule has 0 aliphatic rings. The van der Waals surface area contributed by atoms with Crippen LogP contribution in [0.2, 0.25) is 0 Å². The van der Waals surface area contributed by atoms with Gasteiger partial charge in [-0.05, 0) is 30.7 Å². The highest BCUT2D eigenvalue weighted by molar-refractivity contribution is 7.10. The molecule has 0 bridgehead atoms. The van der Waals surface area contributed by atoms with E-state index in [0.29, 0.717) is 19.1 Å². The van der Waals surface area contributed by atoms with Gasteiger partial charge in [0.15, 0.2) is 0 Å². The number of azo groups is 1. The van der Waals surface area contributed by atoms with Gasteiger partial charge in [-0.3, -0.25) is 0 Å². The molecule has 0 aliphatic heterocycles. The lowest BCUT2D eigenvalue weighted by Gasteiger charge is -2.08. The van der Waals surface area contributed by atoms with Crippen molar-refractivity contribution in [1.82, 2.24) is 0 Å². The van der Waals surface area contributed by atoms with Crippen LogP contribution in [0, 0.1) is 5.92 Å². The molecule has 0 aromatic carbocycles. The van der Waals surface area contributed by atoms with E-state index in [9.17, 15) is 4.79 Å². The first kappa shape index (κ1) is 14.8. The molecule has 0 spiro atoms. The van der Waals surface area contributed by atoms with Crippen molar-refractivity contribution in [3.05, 3.63) is 22.4 Å². The number of esters is 1. The van der Waals surface area contributed by atoms with Gasteiger partial charge < -0.3 is 4.74 Å². The summed E-state index contributed by atoms with van der Waals surface area (Å²) in [6.45, 7) is 7.08. The molecule has 1 aromatic rings. The Kier molecular flexibility index (Phi) is 6.57. The zero-order valence-corrected chi connectivity index (χ0v) is 11.9. The van der Waals surface area contributed by atoms with Crippen LogP contribution in [0.1, 0.15) is 38.1 Å². The van der Waals surface area contributed by atoms with Crippen molar-refractivity contribution in [2.75, 3.05) is 13.2 Å². The molecule has 100 valence electrons. The Morgan fingerprint density at radius 1 is 1.50 bits per heavy atom. The van der Waals surface area contributed by atoms with Gasteiger partial charge in [0.05, 0.1) is 13.2 Å². The summed E-state index contributed by atoms with van der Waals surface area (Å²) in [5.41, 5.74) is 0. The second kappa shape index (κ2) is 7.97. The fraction of sp³-hybridized carbons (Fsp3) is 0.615. The third kappa shape index (κ3) is 4.96. The van der Waals surface area contributed by atoms with Crippen LogP contribution in [0.15, 0.2) is 27.7 Å². The molecule has 1 aromatic heterocycles. The largest absolute Gasteiger partial charge is 0.464 e. The molecule has 0 fully saturated rings. The first-order valence-electron chi connectivity index (χ1n) is 6.21. The van der Waals surface area contributed by atoms with Gasteiger partial charge in [0, 0.05) is 4.88 Å². The van der Waals surface area contributed by atoms with Crippen LogP contribution in [0.25, 0.3) is 0 Å². The topological polar surface area (TPSA) is 51.0 Å². The van der Waals surface area contributed by atoms with Crippen molar-refractivity contribution < 1.29 is 9.53 Å². The van der Waals surface area contributed by atoms with E-state index in [-0.39, 0.29) is 5.97 Å². The SMILES string of the molecule is CCOC(=O)C(N=NCCC(C)C)c1cccs1. The fourth-order valence-corrected chi connectivity index (χ4v) is 2.09. The van der Waals surface area contributed by atoms with E-state index in [0.717, 1.165) is 11.3 Å². The van der Waals surface area contributed by atoms with E-state index in [1.807, 2.05) is 17.5 Å². The number of rotatable bonds is 7. The molecule has 0 saturated heterocycles. The van der Waals surface area contributed by atoms with Crippen LogP contribution < -0.4 is 0 Å². The smallest absolute Gasteiger partial charge is 0.338 e. The highest BCUT2D eigenvalue weighted by Crippen LogP contribution is 2.24. The van der Waals surface area contributed by atoms with E-state index in [1.54, 1.807) is 6.92 Å². The molecule has 1 rings (SSSR count).